The third kappa shape index (κ3) is 2.76. The molecule has 0 spiro atoms. The van der Waals surface area contributed by atoms with Crippen molar-refractivity contribution in [3.8, 4) is 22.8 Å². The molecule has 24 heavy (non-hydrogen) atoms. The maximum Gasteiger partial charge on any atom is 0.267 e. The van der Waals surface area contributed by atoms with Gasteiger partial charge in [-0.2, -0.15) is 5.10 Å². The molecule has 2 heterocycles. The fraction of sp³-hybridized carbons (Fsp3) is 0.158. The van der Waals surface area contributed by atoms with Crippen LogP contribution in [-0.2, 0) is 6.54 Å². The Morgan fingerprint density at radius 3 is 2.62 bits per heavy atom. The highest BCUT2D eigenvalue weighted by atomic mass is 16.7. The Hall–Kier alpha value is -3.08. The van der Waals surface area contributed by atoms with E-state index in [1.165, 1.54) is 10.2 Å². The molecule has 1 aliphatic rings. The number of aromatic nitrogens is 2. The normalized spacial score (nSPS) is 12.4. The van der Waals surface area contributed by atoms with Gasteiger partial charge in [-0.15, -0.1) is 0 Å². The Morgan fingerprint density at radius 1 is 1.00 bits per heavy atom. The van der Waals surface area contributed by atoms with Gasteiger partial charge in [-0.05, 0) is 36.8 Å². The van der Waals surface area contributed by atoms with Gasteiger partial charge < -0.3 is 9.47 Å². The number of rotatable bonds is 3. The molecule has 5 heteroatoms. The molecule has 0 unspecified atom stereocenters. The van der Waals surface area contributed by atoms with Gasteiger partial charge in [0.25, 0.3) is 5.56 Å². The van der Waals surface area contributed by atoms with E-state index in [-0.39, 0.29) is 12.4 Å². The molecule has 1 aliphatic heterocycles. The van der Waals surface area contributed by atoms with Crippen LogP contribution >= 0.6 is 0 Å². The Bertz CT molecular complexity index is 946. The first-order chi connectivity index (χ1) is 11.7. The number of benzene rings is 2. The molecule has 5 nitrogen and oxygen atoms in total. The molecule has 0 amide bonds. The van der Waals surface area contributed by atoms with Gasteiger partial charge in [0, 0.05) is 11.6 Å². The predicted molar refractivity (Wildman–Crippen MR) is 90.3 cm³/mol. The molecule has 0 saturated heterocycles. The van der Waals surface area contributed by atoms with Crippen molar-refractivity contribution in [3.63, 3.8) is 0 Å². The van der Waals surface area contributed by atoms with E-state index in [0.29, 0.717) is 12.3 Å². The van der Waals surface area contributed by atoms with Gasteiger partial charge in [0.2, 0.25) is 6.79 Å². The molecule has 0 bridgehead atoms. The quantitative estimate of drug-likeness (QED) is 0.744. The van der Waals surface area contributed by atoms with Crippen molar-refractivity contribution in [1.82, 2.24) is 9.78 Å². The van der Waals surface area contributed by atoms with E-state index in [1.807, 2.05) is 49.4 Å². The molecular weight excluding hydrogens is 304 g/mol. The number of fused-ring (bicyclic) bond motifs is 1. The van der Waals surface area contributed by atoms with Gasteiger partial charge in [0.05, 0.1) is 12.2 Å². The zero-order valence-electron chi connectivity index (χ0n) is 13.2. The summed E-state index contributed by atoms with van der Waals surface area (Å²) in [5.41, 5.74) is 3.71. The second-order valence-electron chi connectivity index (χ2n) is 5.77. The van der Waals surface area contributed by atoms with Crippen LogP contribution in [0.25, 0.3) is 11.3 Å². The average molecular weight is 320 g/mol. The zero-order valence-corrected chi connectivity index (χ0v) is 13.2. The summed E-state index contributed by atoms with van der Waals surface area (Å²) in [5, 5.41) is 4.49. The van der Waals surface area contributed by atoms with Gasteiger partial charge in [0.1, 0.15) is 0 Å². The first kappa shape index (κ1) is 14.5. The highest BCUT2D eigenvalue weighted by Gasteiger charge is 2.14. The number of aryl methyl sites for hydroxylation is 1. The molecular formula is C19H16N2O3. The molecule has 0 atom stereocenters. The summed E-state index contributed by atoms with van der Waals surface area (Å²) < 4.78 is 12.2. The fourth-order valence-corrected chi connectivity index (χ4v) is 2.64. The molecule has 0 aliphatic carbocycles. The van der Waals surface area contributed by atoms with Crippen LogP contribution in [0.15, 0.2) is 59.4 Å². The minimum absolute atomic E-state index is 0.125. The van der Waals surface area contributed by atoms with E-state index >= 15 is 0 Å². The van der Waals surface area contributed by atoms with Crippen molar-refractivity contribution in [3.05, 3.63) is 76.1 Å². The highest BCUT2D eigenvalue weighted by molar-refractivity contribution is 5.63. The number of nitrogens with zero attached hydrogens (tertiary/aromatic N) is 2. The lowest BCUT2D eigenvalue weighted by atomic mass is 10.1. The zero-order chi connectivity index (χ0) is 16.5. The molecule has 2 aromatic carbocycles. The summed E-state index contributed by atoms with van der Waals surface area (Å²) in [6.07, 6.45) is 0. The molecule has 3 aromatic rings. The van der Waals surface area contributed by atoms with Crippen LogP contribution in [0.2, 0.25) is 0 Å². The third-order valence-electron chi connectivity index (χ3n) is 3.99. The topological polar surface area (TPSA) is 53.4 Å². The van der Waals surface area contributed by atoms with E-state index in [9.17, 15) is 4.79 Å². The van der Waals surface area contributed by atoms with Crippen molar-refractivity contribution in [2.45, 2.75) is 13.5 Å². The highest BCUT2D eigenvalue weighted by Crippen LogP contribution is 2.35. The third-order valence-corrected chi connectivity index (χ3v) is 3.99. The Labute approximate surface area is 139 Å². The fourth-order valence-electron chi connectivity index (χ4n) is 2.64. The molecule has 0 radical (unpaired) electrons. The van der Waals surface area contributed by atoms with Crippen LogP contribution in [0.5, 0.6) is 11.5 Å². The van der Waals surface area contributed by atoms with E-state index in [1.54, 1.807) is 12.1 Å². The van der Waals surface area contributed by atoms with Crippen molar-refractivity contribution < 1.29 is 9.47 Å². The van der Waals surface area contributed by atoms with Crippen LogP contribution in [0.4, 0.5) is 0 Å². The Morgan fingerprint density at radius 2 is 1.79 bits per heavy atom. The standard InChI is InChI=1S/C19H16N2O3/c1-13-2-4-14(5-3-13)11-21-19(22)9-7-16(20-21)15-6-8-17-18(10-15)24-12-23-17/h2-10H,11-12H2,1H3. The molecule has 0 saturated carbocycles. The minimum Gasteiger partial charge on any atom is -0.454 e. The second-order valence-corrected chi connectivity index (χ2v) is 5.77. The molecule has 4 rings (SSSR count). The molecule has 0 fully saturated rings. The van der Waals surface area contributed by atoms with Crippen molar-refractivity contribution in [2.24, 2.45) is 0 Å². The first-order valence-electron chi connectivity index (χ1n) is 7.73. The lowest BCUT2D eigenvalue weighted by molar-refractivity contribution is 0.174. The van der Waals surface area contributed by atoms with Crippen molar-refractivity contribution in [2.75, 3.05) is 6.79 Å². The SMILES string of the molecule is Cc1ccc(Cn2nc(-c3ccc4c(c3)OCO4)ccc2=O)cc1. The number of hydrogen-bond donors (Lipinski definition) is 0. The summed E-state index contributed by atoms with van der Waals surface area (Å²) in [7, 11) is 0. The predicted octanol–water partition coefficient (Wildman–Crippen LogP) is 3.00. The summed E-state index contributed by atoms with van der Waals surface area (Å²) in [6.45, 7) is 2.71. The smallest absolute Gasteiger partial charge is 0.267 e. The van der Waals surface area contributed by atoms with E-state index in [0.717, 1.165) is 22.6 Å². The van der Waals surface area contributed by atoms with E-state index in [2.05, 4.69) is 5.10 Å². The molecule has 1 aromatic heterocycles. The minimum atomic E-state index is -0.125. The maximum atomic E-state index is 12.1. The Balaban J connectivity index is 1.68. The Kier molecular flexibility index (Phi) is 3.54. The van der Waals surface area contributed by atoms with Gasteiger partial charge in [-0.1, -0.05) is 29.8 Å². The van der Waals surface area contributed by atoms with Gasteiger partial charge in [-0.25, -0.2) is 4.68 Å². The van der Waals surface area contributed by atoms with Gasteiger partial charge in [-0.3, -0.25) is 4.79 Å². The lowest BCUT2D eigenvalue weighted by Crippen LogP contribution is -2.22. The molecule has 0 N–H and O–H groups in total. The number of ether oxygens (including phenoxy) is 2. The van der Waals surface area contributed by atoms with Gasteiger partial charge >= 0.3 is 0 Å². The summed E-state index contributed by atoms with van der Waals surface area (Å²) in [6, 6.07) is 17.0. The van der Waals surface area contributed by atoms with Crippen LogP contribution in [0.1, 0.15) is 11.1 Å². The largest absolute Gasteiger partial charge is 0.454 e. The van der Waals surface area contributed by atoms with Crippen LogP contribution in [-0.4, -0.2) is 16.6 Å². The van der Waals surface area contributed by atoms with Crippen molar-refractivity contribution >= 4 is 0 Å². The lowest BCUT2D eigenvalue weighted by Gasteiger charge is -2.08. The summed E-state index contributed by atoms with van der Waals surface area (Å²) in [4.78, 5) is 12.1. The maximum absolute atomic E-state index is 12.1. The van der Waals surface area contributed by atoms with E-state index in [4.69, 9.17) is 9.47 Å². The summed E-state index contributed by atoms with van der Waals surface area (Å²) >= 11 is 0. The average Bonchev–Trinajstić information content (AvgIpc) is 3.06. The summed E-state index contributed by atoms with van der Waals surface area (Å²) in [5.74, 6) is 1.43. The first-order valence-corrected chi connectivity index (χ1v) is 7.73. The number of hydrogen-bond acceptors (Lipinski definition) is 4. The van der Waals surface area contributed by atoms with Gasteiger partial charge in [0.15, 0.2) is 11.5 Å². The van der Waals surface area contributed by atoms with Crippen LogP contribution < -0.4 is 15.0 Å². The van der Waals surface area contributed by atoms with Crippen LogP contribution in [0.3, 0.4) is 0 Å². The second kappa shape index (κ2) is 5.85. The van der Waals surface area contributed by atoms with E-state index < -0.39 is 0 Å². The molecule has 120 valence electrons. The monoisotopic (exact) mass is 320 g/mol. The van der Waals surface area contributed by atoms with Crippen molar-refractivity contribution in [1.29, 1.82) is 0 Å². The van der Waals surface area contributed by atoms with Crippen LogP contribution in [0, 0.1) is 6.92 Å².